The van der Waals surface area contributed by atoms with Gasteiger partial charge in [-0.25, -0.2) is 4.98 Å². The van der Waals surface area contributed by atoms with Gasteiger partial charge in [0.2, 0.25) is 0 Å². The molecule has 0 radical (unpaired) electrons. The zero-order chi connectivity index (χ0) is 13.0. The molecule has 2 rings (SSSR count). The fourth-order valence-electron chi connectivity index (χ4n) is 2.42. The molecule has 2 heterocycles. The van der Waals surface area contributed by atoms with Gasteiger partial charge in [-0.15, -0.1) is 22.9 Å². The topological polar surface area (TPSA) is 25.4 Å². The molecule has 2 atom stereocenters. The van der Waals surface area contributed by atoms with Crippen LogP contribution in [0.15, 0.2) is 5.38 Å². The van der Waals surface area contributed by atoms with E-state index in [1.807, 2.05) is 0 Å². The van der Waals surface area contributed by atoms with Gasteiger partial charge in [-0.3, -0.25) is 4.90 Å². The highest BCUT2D eigenvalue weighted by atomic mass is 35.5. The molecule has 3 nitrogen and oxygen atoms in total. The van der Waals surface area contributed by atoms with Crippen LogP contribution in [0.3, 0.4) is 0 Å². The molecule has 5 heteroatoms. The predicted octanol–water partition coefficient (Wildman–Crippen LogP) is 3.44. The van der Waals surface area contributed by atoms with Crippen LogP contribution in [0, 0.1) is 0 Å². The largest absolute Gasteiger partial charge is 0.377 e. The molecule has 0 aromatic carbocycles. The van der Waals surface area contributed by atoms with E-state index >= 15 is 0 Å². The van der Waals surface area contributed by atoms with Gasteiger partial charge in [0.15, 0.2) is 0 Å². The summed E-state index contributed by atoms with van der Waals surface area (Å²) in [5.74, 6) is 0.505. The molecule has 1 aromatic rings. The highest BCUT2D eigenvalue weighted by Crippen LogP contribution is 2.27. The van der Waals surface area contributed by atoms with Crippen molar-refractivity contribution in [2.75, 3.05) is 19.7 Å². The third kappa shape index (κ3) is 3.44. The summed E-state index contributed by atoms with van der Waals surface area (Å²) in [5.41, 5.74) is 0.988. The molecule has 0 amide bonds. The number of rotatable bonds is 5. The zero-order valence-corrected chi connectivity index (χ0v) is 12.6. The summed E-state index contributed by atoms with van der Waals surface area (Å²) in [7, 11) is 0. The number of alkyl halides is 1. The summed E-state index contributed by atoms with van der Waals surface area (Å²) in [4.78, 5) is 7.05. The molecule has 1 aromatic heterocycles. The lowest BCUT2D eigenvalue weighted by Gasteiger charge is -2.35. The van der Waals surface area contributed by atoms with Gasteiger partial charge < -0.3 is 4.74 Å². The average Bonchev–Trinajstić information content (AvgIpc) is 2.87. The maximum absolute atomic E-state index is 5.81. The number of hydrogen-bond acceptors (Lipinski definition) is 4. The molecule has 0 bridgehead atoms. The Morgan fingerprint density at radius 2 is 2.50 bits per heavy atom. The molecule has 18 heavy (non-hydrogen) atoms. The van der Waals surface area contributed by atoms with Crippen LogP contribution >= 0.6 is 22.9 Å². The lowest BCUT2D eigenvalue weighted by Crippen LogP contribution is -2.41. The fraction of sp³-hybridized carbons (Fsp3) is 0.769. The molecule has 0 saturated carbocycles. The smallest absolute Gasteiger partial charge is 0.110 e. The van der Waals surface area contributed by atoms with E-state index in [4.69, 9.17) is 16.3 Å². The van der Waals surface area contributed by atoms with Gasteiger partial charge in [-0.1, -0.05) is 0 Å². The second-order valence-electron chi connectivity index (χ2n) is 4.70. The molecule has 0 aliphatic carbocycles. The van der Waals surface area contributed by atoms with Crippen molar-refractivity contribution in [1.29, 1.82) is 0 Å². The number of piperidine rings is 1. The molecule has 1 fully saturated rings. The maximum atomic E-state index is 5.81. The summed E-state index contributed by atoms with van der Waals surface area (Å²) in [6.45, 7) is 7.26. The Kier molecular flexibility index (Phi) is 5.42. The molecule has 1 saturated heterocycles. The maximum Gasteiger partial charge on any atom is 0.110 e. The second-order valence-corrected chi connectivity index (χ2v) is 5.86. The van der Waals surface area contributed by atoms with Crippen LogP contribution in [0.5, 0.6) is 0 Å². The standard InChI is InChI=1S/C13H21ClN2OS/c1-3-17-12-5-4-6-16(8-12)10(2)13-15-11(7-14)9-18-13/h9-10,12H,3-8H2,1-2H3. The summed E-state index contributed by atoms with van der Waals surface area (Å²) < 4.78 is 5.75. The summed E-state index contributed by atoms with van der Waals surface area (Å²) in [5, 5.41) is 3.23. The van der Waals surface area contributed by atoms with E-state index in [-0.39, 0.29) is 0 Å². The van der Waals surface area contributed by atoms with E-state index < -0.39 is 0 Å². The van der Waals surface area contributed by atoms with Crippen molar-refractivity contribution < 1.29 is 4.74 Å². The first-order valence-corrected chi connectivity index (χ1v) is 8.02. The van der Waals surface area contributed by atoms with E-state index in [0.717, 1.165) is 25.4 Å². The van der Waals surface area contributed by atoms with Gasteiger partial charge in [-0.05, 0) is 33.2 Å². The summed E-state index contributed by atoms with van der Waals surface area (Å²) >= 11 is 7.52. The summed E-state index contributed by atoms with van der Waals surface area (Å²) in [6, 6.07) is 0.371. The molecule has 0 N–H and O–H groups in total. The Hall–Kier alpha value is -0.160. The quantitative estimate of drug-likeness (QED) is 0.776. The number of hydrogen-bond donors (Lipinski definition) is 0. The van der Waals surface area contributed by atoms with E-state index in [1.165, 1.54) is 17.8 Å². The van der Waals surface area contributed by atoms with Crippen molar-refractivity contribution in [3.8, 4) is 0 Å². The number of thiazole rings is 1. The van der Waals surface area contributed by atoms with Crippen LogP contribution in [0.1, 0.15) is 43.4 Å². The van der Waals surface area contributed by atoms with Crippen molar-refractivity contribution in [1.82, 2.24) is 9.88 Å². The molecule has 2 unspecified atom stereocenters. The van der Waals surface area contributed by atoms with Crippen molar-refractivity contribution in [2.24, 2.45) is 0 Å². The van der Waals surface area contributed by atoms with Gasteiger partial charge in [0.1, 0.15) is 5.01 Å². The molecular formula is C13H21ClN2OS. The predicted molar refractivity (Wildman–Crippen MR) is 76.3 cm³/mol. The van der Waals surface area contributed by atoms with Gasteiger partial charge in [0.25, 0.3) is 0 Å². The Bertz CT molecular complexity index is 370. The Morgan fingerprint density at radius 1 is 1.67 bits per heavy atom. The van der Waals surface area contributed by atoms with Crippen molar-refractivity contribution >= 4 is 22.9 Å². The minimum Gasteiger partial charge on any atom is -0.377 e. The first kappa shape index (κ1) is 14.3. The van der Waals surface area contributed by atoms with E-state index in [0.29, 0.717) is 18.0 Å². The van der Waals surface area contributed by atoms with E-state index in [9.17, 15) is 0 Å². The minimum absolute atomic E-state index is 0.371. The zero-order valence-electron chi connectivity index (χ0n) is 11.1. The molecule has 102 valence electrons. The monoisotopic (exact) mass is 288 g/mol. The number of aromatic nitrogens is 1. The van der Waals surface area contributed by atoms with Crippen molar-refractivity contribution in [2.45, 2.75) is 44.7 Å². The van der Waals surface area contributed by atoms with E-state index in [1.54, 1.807) is 11.3 Å². The number of likely N-dealkylation sites (tertiary alicyclic amines) is 1. The van der Waals surface area contributed by atoms with Gasteiger partial charge >= 0.3 is 0 Å². The number of ether oxygens (including phenoxy) is 1. The first-order chi connectivity index (χ1) is 8.74. The average molecular weight is 289 g/mol. The van der Waals surface area contributed by atoms with Crippen LogP contribution in [0.4, 0.5) is 0 Å². The number of halogens is 1. The van der Waals surface area contributed by atoms with Crippen LogP contribution in [0.2, 0.25) is 0 Å². The van der Waals surface area contributed by atoms with E-state index in [2.05, 4.69) is 29.1 Å². The molecular weight excluding hydrogens is 268 g/mol. The SMILES string of the molecule is CCOC1CCCN(C(C)c2nc(CCl)cs2)C1. The second kappa shape index (κ2) is 6.85. The van der Waals surface area contributed by atoms with Crippen LogP contribution in [-0.4, -0.2) is 35.7 Å². The lowest BCUT2D eigenvalue weighted by molar-refractivity contribution is -0.00540. The van der Waals surface area contributed by atoms with Gasteiger partial charge in [-0.2, -0.15) is 0 Å². The van der Waals surface area contributed by atoms with Crippen molar-refractivity contribution in [3.05, 3.63) is 16.1 Å². The molecule has 0 spiro atoms. The van der Waals surface area contributed by atoms with Crippen LogP contribution in [0.25, 0.3) is 0 Å². The Balaban J connectivity index is 1.97. The molecule has 1 aliphatic rings. The Labute approximate surface area is 118 Å². The number of nitrogens with zero attached hydrogens (tertiary/aromatic N) is 2. The van der Waals surface area contributed by atoms with Crippen LogP contribution in [-0.2, 0) is 10.6 Å². The third-order valence-corrected chi connectivity index (χ3v) is 4.76. The van der Waals surface area contributed by atoms with Crippen LogP contribution < -0.4 is 0 Å². The normalized spacial score (nSPS) is 23.2. The first-order valence-electron chi connectivity index (χ1n) is 6.60. The lowest BCUT2D eigenvalue weighted by atomic mass is 10.1. The van der Waals surface area contributed by atoms with Gasteiger partial charge in [0.05, 0.1) is 23.7 Å². The fourth-order valence-corrected chi connectivity index (χ4v) is 3.56. The van der Waals surface area contributed by atoms with Gasteiger partial charge in [0, 0.05) is 18.5 Å². The summed E-state index contributed by atoms with van der Waals surface area (Å²) in [6.07, 6.45) is 2.78. The third-order valence-electron chi connectivity index (χ3n) is 3.42. The van der Waals surface area contributed by atoms with Crippen molar-refractivity contribution in [3.63, 3.8) is 0 Å². The highest BCUT2D eigenvalue weighted by molar-refractivity contribution is 7.09. The highest BCUT2D eigenvalue weighted by Gasteiger charge is 2.25. The molecule has 1 aliphatic heterocycles. The minimum atomic E-state index is 0.371. The Morgan fingerprint density at radius 3 is 3.17 bits per heavy atom.